The SMILES string of the molecule is CN1CCN(CC2CCN(CC3CCN(CC4CCCN(CN)C4)CC3)CC2)CC1. The molecular formula is C24H48N6. The van der Waals surface area contributed by atoms with Crippen LogP contribution >= 0.6 is 0 Å². The Kier molecular flexibility index (Phi) is 8.85. The van der Waals surface area contributed by atoms with Crippen LogP contribution in [0.5, 0.6) is 0 Å². The van der Waals surface area contributed by atoms with Crippen LogP contribution in [-0.4, -0.2) is 123 Å². The van der Waals surface area contributed by atoms with Crippen molar-refractivity contribution in [3.05, 3.63) is 0 Å². The maximum atomic E-state index is 5.87. The standard InChI is InChI=1S/C24H48N6/c1-26-13-15-29(16-14-26)18-23-4-9-27(10-5-23)17-22-6-11-28(12-7-22)19-24-3-2-8-30(20-24)21-25/h22-24H,2-21,25H2,1H3. The Bertz CT molecular complexity index is 478. The van der Waals surface area contributed by atoms with Crippen molar-refractivity contribution in [3.8, 4) is 0 Å². The van der Waals surface area contributed by atoms with Gasteiger partial charge in [-0.05, 0) is 96.1 Å². The van der Waals surface area contributed by atoms with Gasteiger partial charge in [-0.1, -0.05) is 0 Å². The molecule has 4 heterocycles. The van der Waals surface area contributed by atoms with Crippen molar-refractivity contribution in [2.75, 3.05) is 98.8 Å². The van der Waals surface area contributed by atoms with Crippen LogP contribution in [0.15, 0.2) is 0 Å². The molecule has 6 nitrogen and oxygen atoms in total. The largest absolute Gasteiger partial charge is 0.318 e. The van der Waals surface area contributed by atoms with Crippen molar-refractivity contribution < 1.29 is 0 Å². The fourth-order valence-corrected chi connectivity index (χ4v) is 6.30. The lowest BCUT2D eigenvalue weighted by molar-refractivity contribution is 0.0799. The molecule has 4 aliphatic rings. The van der Waals surface area contributed by atoms with Gasteiger partial charge in [0.25, 0.3) is 0 Å². The van der Waals surface area contributed by atoms with Gasteiger partial charge in [0.15, 0.2) is 0 Å². The third-order valence-electron chi connectivity index (χ3n) is 8.42. The summed E-state index contributed by atoms with van der Waals surface area (Å²) in [6.07, 6.45) is 8.40. The van der Waals surface area contributed by atoms with Crippen LogP contribution in [0.2, 0.25) is 0 Å². The summed E-state index contributed by atoms with van der Waals surface area (Å²) in [5, 5.41) is 0. The zero-order chi connectivity index (χ0) is 20.8. The molecule has 1 atom stereocenters. The lowest BCUT2D eigenvalue weighted by Crippen LogP contribution is -2.48. The molecule has 0 radical (unpaired) electrons. The minimum atomic E-state index is 0.741. The summed E-state index contributed by atoms with van der Waals surface area (Å²) < 4.78 is 0. The van der Waals surface area contributed by atoms with E-state index < -0.39 is 0 Å². The van der Waals surface area contributed by atoms with E-state index in [-0.39, 0.29) is 0 Å². The maximum Gasteiger partial charge on any atom is 0.0455 e. The van der Waals surface area contributed by atoms with Crippen molar-refractivity contribution in [2.24, 2.45) is 23.5 Å². The lowest BCUT2D eigenvalue weighted by atomic mass is 9.91. The van der Waals surface area contributed by atoms with Crippen LogP contribution < -0.4 is 5.73 Å². The first-order chi connectivity index (χ1) is 14.7. The van der Waals surface area contributed by atoms with E-state index in [2.05, 4.69) is 31.5 Å². The number of likely N-dealkylation sites (N-methyl/N-ethyl adjacent to an activating group) is 1. The summed E-state index contributed by atoms with van der Waals surface area (Å²) in [4.78, 5) is 13.2. The highest BCUT2D eigenvalue weighted by Gasteiger charge is 2.28. The lowest BCUT2D eigenvalue weighted by Gasteiger charge is -2.41. The Balaban J connectivity index is 1.09. The molecule has 0 aromatic rings. The van der Waals surface area contributed by atoms with Gasteiger partial charge in [-0.25, -0.2) is 0 Å². The smallest absolute Gasteiger partial charge is 0.0455 e. The number of rotatable bonds is 7. The van der Waals surface area contributed by atoms with Crippen LogP contribution in [0.1, 0.15) is 38.5 Å². The number of likely N-dealkylation sites (tertiary alicyclic amines) is 3. The van der Waals surface area contributed by atoms with Crippen LogP contribution in [0.4, 0.5) is 0 Å². The van der Waals surface area contributed by atoms with Crippen LogP contribution in [0, 0.1) is 17.8 Å². The van der Waals surface area contributed by atoms with E-state index in [4.69, 9.17) is 5.73 Å². The van der Waals surface area contributed by atoms with Crippen molar-refractivity contribution >= 4 is 0 Å². The topological polar surface area (TPSA) is 42.2 Å². The molecule has 30 heavy (non-hydrogen) atoms. The van der Waals surface area contributed by atoms with Gasteiger partial charge in [0.05, 0.1) is 0 Å². The summed E-state index contributed by atoms with van der Waals surface area (Å²) in [5.41, 5.74) is 5.87. The third kappa shape index (κ3) is 6.88. The van der Waals surface area contributed by atoms with E-state index in [9.17, 15) is 0 Å². The molecule has 0 aliphatic carbocycles. The van der Waals surface area contributed by atoms with Gasteiger partial charge >= 0.3 is 0 Å². The van der Waals surface area contributed by atoms with Crippen LogP contribution in [0.25, 0.3) is 0 Å². The van der Waals surface area contributed by atoms with Gasteiger partial charge in [-0.2, -0.15) is 0 Å². The number of piperidine rings is 3. The summed E-state index contributed by atoms with van der Waals surface area (Å²) in [5.74, 6) is 2.72. The van der Waals surface area contributed by atoms with E-state index in [1.54, 1.807) is 0 Å². The molecular weight excluding hydrogens is 372 g/mol. The molecule has 2 N–H and O–H groups in total. The number of nitrogens with zero attached hydrogens (tertiary/aromatic N) is 5. The summed E-state index contributed by atoms with van der Waals surface area (Å²) in [6.45, 7) is 17.6. The Labute approximate surface area is 185 Å². The Morgan fingerprint density at radius 2 is 1.07 bits per heavy atom. The van der Waals surface area contributed by atoms with Crippen molar-refractivity contribution in [3.63, 3.8) is 0 Å². The molecule has 4 fully saturated rings. The second-order valence-corrected chi connectivity index (χ2v) is 10.9. The Morgan fingerprint density at radius 3 is 1.60 bits per heavy atom. The molecule has 4 rings (SSSR count). The van der Waals surface area contributed by atoms with Crippen molar-refractivity contribution in [1.29, 1.82) is 0 Å². The molecule has 0 bridgehead atoms. The molecule has 0 spiro atoms. The molecule has 0 aromatic carbocycles. The normalized spacial score (nSPS) is 30.8. The van der Waals surface area contributed by atoms with E-state index in [0.29, 0.717) is 0 Å². The van der Waals surface area contributed by atoms with Crippen molar-refractivity contribution in [2.45, 2.75) is 38.5 Å². The molecule has 6 heteroatoms. The second-order valence-electron chi connectivity index (χ2n) is 10.9. The van der Waals surface area contributed by atoms with E-state index in [1.807, 2.05) is 0 Å². The monoisotopic (exact) mass is 420 g/mol. The van der Waals surface area contributed by atoms with E-state index >= 15 is 0 Å². The maximum absolute atomic E-state index is 5.87. The number of nitrogens with two attached hydrogens (primary N) is 1. The molecule has 4 aliphatic heterocycles. The zero-order valence-corrected chi connectivity index (χ0v) is 19.7. The quantitative estimate of drug-likeness (QED) is 0.669. The molecule has 1 unspecified atom stereocenters. The Morgan fingerprint density at radius 1 is 0.567 bits per heavy atom. The summed E-state index contributed by atoms with van der Waals surface area (Å²) in [6, 6.07) is 0. The minimum absolute atomic E-state index is 0.741. The fourth-order valence-electron chi connectivity index (χ4n) is 6.30. The summed E-state index contributed by atoms with van der Waals surface area (Å²) >= 11 is 0. The first kappa shape index (κ1) is 22.9. The van der Waals surface area contributed by atoms with Gasteiger partial charge in [0.1, 0.15) is 0 Å². The Hall–Kier alpha value is -0.240. The number of hydrogen-bond acceptors (Lipinski definition) is 6. The average molecular weight is 421 g/mol. The van der Waals surface area contributed by atoms with E-state index in [0.717, 1.165) is 24.4 Å². The van der Waals surface area contributed by atoms with Gasteiger partial charge in [0.2, 0.25) is 0 Å². The average Bonchev–Trinajstić information content (AvgIpc) is 2.78. The first-order valence-electron chi connectivity index (χ1n) is 13.0. The van der Waals surface area contributed by atoms with Gasteiger partial charge in [0, 0.05) is 59.0 Å². The zero-order valence-electron chi connectivity index (χ0n) is 19.7. The highest BCUT2D eigenvalue weighted by atomic mass is 15.2. The molecule has 0 saturated carbocycles. The highest BCUT2D eigenvalue weighted by Crippen LogP contribution is 2.25. The predicted molar refractivity (Wildman–Crippen MR) is 126 cm³/mol. The third-order valence-corrected chi connectivity index (χ3v) is 8.42. The number of hydrogen-bond donors (Lipinski definition) is 1. The number of piperazine rings is 1. The first-order valence-corrected chi connectivity index (χ1v) is 13.0. The van der Waals surface area contributed by atoms with Crippen LogP contribution in [-0.2, 0) is 0 Å². The molecule has 0 aromatic heterocycles. The second kappa shape index (κ2) is 11.6. The predicted octanol–water partition coefficient (Wildman–Crippen LogP) is 1.29. The minimum Gasteiger partial charge on any atom is -0.318 e. The van der Waals surface area contributed by atoms with Crippen molar-refractivity contribution in [1.82, 2.24) is 24.5 Å². The molecule has 174 valence electrons. The molecule has 4 saturated heterocycles. The van der Waals surface area contributed by atoms with Gasteiger partial charge in [-0.3, -0.25) is 4.90 Å². The fraction of sp³-hybridized carbons (Fsp3) is 1.00. The highest BCUT2D eigenvalue weighted by molar-refractivity contribution is 4.82. The van der Waals surface area contributed by atoms with E-state index in [1.165, 1.54) is 124 Å². The van der Waals surface area contributed by atoms with Gasteiger partial charge < -0.3 is 25.3 Å². The summed E-state index contributed by atoms with van der Waals surface area (Å²) in [7, 11) is 2.26. The van der Waals surface area contributed by atoms with Crippen LogP contribution in [0.3, 0.4) is 0 Å². The van der Waals surface area contributed by atoms with Gasteiger partial charge in [-0.15, -0.1) is 0 Å². The molecule has 0 amide bonds.